The third-order valence-electron chi connectivity index (χ3n) is 3.23. The normalized spacial score (nSPS) is 16.2. The molecular weight excluding hydrogens is 210 g/mol. The van der Waals surface area contributed by atoms with E-state index in [0.717, 1.165) is 43.5 Å². The third-order valence-corrected chi connectivity index (χ3v) is 3.23. The van der Waals surface area contributed by atoms with Gasteiger partial charge in [-0.15, -0.1) is 0 Å². The predicted octanol–water partition coefficient (Wildman–Crippen LogP) is 3.19. The average molecular weight is 229 g/mol. The van der Waals surface area contributed by atoms with Crippen molar-refractivity contribution in [3.8, 4) is 0 Å². The van der Waals surface area contributed by atoms with Crippen LogP contribution in [0.1, 0.15) is 38.2 Å². The van der Waals surface area contributed by atoms with Crippen LogP contribution in [0.4, 0.5) is 0 Å². The third kappa shape index (κ3) is 2.96. The van der Waals surface area contributed by atoms with Crippen LogP contribution in [0.15, 0.2) is 41.6 Å². The van der Waals surface area contributed by atoms with Crippen molar-refractivity contribution < 1.29 is 4.79 Å². The summed E-state index contributed by atoms with van der Waals surface area (Å²) in [7, 11) is 0. The first kappa shape index (κ1) is 11.9. The van der Waals surface area contributed by atoms with Gasteiger partial charge in [0.1, 0.15) is 0 Å². The van der Waals surface area contributed by atoms with Gasteiger partial charge in [-0.05, 0) is 24.8 Å². The number of benzene rings is 1. The summed E-state index contributed by atoms with van der Waals surface area (Å²) in [5.74, 6) is 0.328. The van der Waals surface area contributed by atoms with E-state index in [-0.39, 0.29) is 0 Å². The van der Waals surface area contributed by atoms with Crippen LogP contribution >= 0.6 is 0 Å². The molecule has 0 fully saturated rings. The van der Waals surface area contributed by atoms with Gasteiger partial charge in [0.25, 0.3) is 0 Å². The van der Waals surface area contributed by atoms with Gasteiger partial charge in [-0.1, -0.05) is 37.3 Å². The van der Waals surface area contributed by atoms with Gasteiger partial charge in [-0.2, -0.15) is 0 Å². The molecule has 0 spiro atoms. The highest BCUT2D eigenvalue weighted by Gasteiger charge is 2.18. The summed E-state index contributed by atoms with van der Waals surface area (Å²) in [4.78, 5) is 11.7. The molecule has 1 aromatic carbocycles. The summed E-state index contributed by atoms with van der Waals surface area (Å²) < 4.78 is 0. The number of allylic oxidation sites excluding steroid dienone is 2. The van der Waals surface area contributed by atoms with Crippen molar-refractivity contribution in [1.29, 1.82) is 0 Å². The molecule has 0 aliphatic heterocycles. The van der Waals surface area contributed by atoms with Crippen molar-refractivity contribution in [3.05, 3.63) is 47.2 Å². The van der Waals surface area contributed by atoms with Crippen LogP contribution in [0.25, 0.3) is 0 Å². The second kappa shape index (κ2) is 5.67. The summed E-state index contributed by atoms with van der Waals surface area (Å²) in [6.45, 7) is 2.87. The molecule has 2 rings (SSSR count). The van der Waals surface area contributed by atoms with Gasteiger partial charge >= 0.3 is 0 Å². The highest BCUT2D eigenvalue weighted by Crippen LogP contribution is 2.22. The topological polar surface area (TPSA) is 29.1 Å². The van der Waals surface area contributed by atoms with Crippen LogP contribution < -0.4 is 5.32 Å². The Kier molecular flexibility index (Phi) is 3.97. The minimum Gasteiger partial charge on any atom is -0.384 e. The molecule has 0 atom stereocenters. The van der Waals surface area contributed by atoms with Gasteiger partial charge in [0.2, 0.25) is 0 Å². The molecular formula is C15H19NO. The van der Waals surface area contributed by atoms with Crippen molar-refractivity contribution in [2.45, 2.75) is 39.2 Å². The molecule has 0 bridgehead atoms. The standard InChI is InChI=1S/C15H19NO/c1-2-13-14(9-6-10-15(13)17)16-11-12-7-4-3-5-8-12/h3-5,7-8,16H,2,6,9-11H2,1H3. The van der Waals surface area contributed by atoms with Crippen molar-refractivity contribution >= 4 is 5.78 Å². The van der Waals surface area contributed by atoms with Gasteiger partial charge in [0, 0.05) is 24.2 Å². The Hall–Kier alpha value is -1.57. The minimum absolute atomic E-state index is 0.328. The van der Waals surface area contributed by atoms with E-state index in [1.165, 1.54) is 5.56 Å². The van der Waals surface area contributed by atoms with Gasteiger partial charge in [0.05, 0.1) is 0 Å². The number of Topliss-reactive ketones (excluding diaryl/α,β-unsaturated/α-hetero) is 1. The Bertz CT molecular complexity index is 420. The van der Waals surface area contributed by atoms with Crippen LogP contribution in [0, 0.1) is 0 Å². The lowest BCUT2D eigenvalue weighted by Gasteiger charge is -2.20. The number of carbonyl (C=O) groups is 1. The Labute approximate surface area is 103 Å². The lowest BCUT2D eigenvalue weighted by molar-refractivity contribution is -0.116. The summed E-state index contributed by atoms with van der Waals surface area (Å²) in [5, 5.41) is 3.43. The van der Waals surface area contributed by atoms with Gasteiger partial charge < -0.3 is 5.32 Å². The van der Waals surface area contributed by atoms with E-state index in [1.807, 2.05) is 18.2 Å². The lowest BCUT2D eigenvalue weighted by atomic mass is 9.93. The Morgan fingerprint density at radius 2 is 1.94 bits per heavy atom. The zero-order chi connectivity index (χ0) is 12.1. The highest BCUT2D eigenvalue weighted by molar-refractivity contribution is 5.96. The van der Waals surface area contributed by atoms with Crippen LogP contribution in [0.5, 0.6) is 0 Å². The summed E-state index contributed by atoms with van der Waals surface area (Å²) in [6.07, 6.45) is 3.57. The fourth-order valence-electron chi connectivity index (χ4n) is 2.31. The van der Waals surface area contributed by atoms with Gasteiger partial charge in [-0.25, -0.2) is 0 Å². The van der Waals surface area contributed by atoms with Crippen molar-refractivity contribution in [3.63, 3.8) is 0 Å². The first-order valence-electron chi connectivity index (χ1n) is 6.34. The molecule has 17 heavy (non-hydrogen) atoms. The molecule has 1 aliphatic carbocycles. The van der Waals surface area contributed by atoms with Crippen molar-refractivity contribution in [1.82, 2.24) is 5.32 Å². The van der Waals surface area contributed by atoms with E-state index in [0.29, 0.717) is 5.78 Å². The van der Waals surface area contributed by atoms with Crippen LogP contribution in [0.3, 0.4) is 0 Å². The van der Waals surface area contributed by atoms with Crippen LogP contribution in [-0.4, -0.2) is 5.78 Å². The number of ketones is 1. The molecule has 1 aliphatic rings. The number of carbonyl (C=O) groups excluding carboxylic acids is 1. The Morgan fingerprint density at radius 3 is 2.65 bits per heavy atom. The van der Waals surface area contributed by atoms with E-state index in [4.69, 9.17) is 0 Å². The first-order valence-corrected chi connectivity index (χ1v) is 6.34. The van der Waals surface area contributed by atoms with E-state index in [2.05, 4.69) is 24.4 Å². The zero-order valence-electron chi connectivity index (χ0n) is 10.3. The fraction of sp³-hybridized carbons (Fsp3) is 0.400. The number of nitrogens with one attached hydrogen (secondary N) is 1. The minimum atomic E-state index is 0.328. The maximum atomic E-state index is 11.7. The SMILES string of the molecule is CCC1=C(NCc2ccccc2)CCCC1=O. The second-order valence-corrected chi connectivity index (χ2v) is 4.43. The number of hydrogen-bond donors (Lipinski definition) is 1. The molecule has 1 N–H and O–H groups in total. The van der Waals surface area contributed by atoms with Gasteiger partial charge in [-0.3, -0.25) is 4.79 Å². The van der Waals surface area contributed by atoms with Crippen LogP contribution in [-0.2, 0) is 11.3 Å². The van der Waals surface area contributed by atoms with E-state index in [9.17, 15) is 4.79 Å². The van der Waals surface area contributed by atoms with Crippen molar-refractivity contribution in [2.75, 3.05) is 0 Å². The molecule has 1 aromatic rings. The molecule has 0 amide bonds. The Morgan fingerprint density at radius 1 is 1.18 bits per heavy atom. The molecule has 0 radical (unpaired) electrons. The van der Waals surface area contributed by atoms with E-state index < -0.39 is 0 Å². The number of rotatable bonds is 4. The monoisotopic (exact) mass is 229 g/mol. The molecule has 90 valence electrons. The van der Waals surface area contributed by atoms with E-state index >= 15 is 0 Å². The maximum Gasteiger partial charge on any atom is 0.160 e. The Balaban J connectivity index is 2.05. The molecule has 0 aromatic heterocycles. The maximum absolute atomic E-state index is 11.7. The van der Waals surface area contributed by atoms with Crippen LogP contribution in [0.2, 0.25) is 0 Å². The summed E-state index contributed by atoms with van der Waals surface area (Å²) in [6, 6.07) is 10.3. The molecule has 2 heteroatoms. The fourth-order valence-corrected chi connectivity index (χ4v) is 2.31. The highest BCUT2D eigenvalue weighted by atomic mass is 16.1. The number of hydrogen-bond acceptors (Lipinski definition) is 2. The average Bonchev–Trinajstić information content (AvgIpc) is 2.37. The molecule has 2 nitrogen and oxygen atoms in total. The molecule has 0 saturated heterocycles. The zero-order valence-corrected chi connectivity index (χ0v) is 10.3. The quantitative estimate of drug-likeness (QED) is 0.859. The molecule has 0 heterocycles. The predicted molar refractivity (Wildman–Crippen MR) is 69.5 cm³/mol. The van der Waals surface area contributed by atoms with Crippen molar-refractivity contribution in [2.24, 2.45) is 0 Å². The lowest BCUT2D eigenvalue weighted by Crippen LogP contribution is -2.21. The summed E-state index contributed by atoms with van der Waals surface area (Å²) >= 11 is 0. The first-order chi connectivity index (χ1) is 8.31. The largest absolute Gasteiger partial charge is 0.384 e. The summed E-state index contributed by atoms with van der Waals surface area (Å²) in [5.41, 5.74) is 3.42. The molecule has 0 saturated carbocycles. The smallest absolute Gasteiger partial charge is 0.160 e. The molecule has 0 unspecified atom stereocenters. The van der Waals surface area contributed by atoms with Gasteiger partial charge in [0.15, 0.2) is 5.78 Å². The second-order valence-electron chi connectivity index (χ2n) is 4.43. The van der Waals surface area contributed by atoms with E-state index in [1.54, 1.807) is 0 Å².